The summed E-state index contributed by atoms with van der Waals surface area (Å²) in [5.74, 6) is 3.41. The third kappa shape index (κ3) is 3.27. The van der Waals surface area contributed by atoms with Crippen LogP contribution >= 0.6 is 0 Å². The van der Waals surface area contributed by atoms with Gasteiger partial charge in [0.05, 0.1) is 6.61 Å². The smallest absolute Gasteiger partial charge is 0.250 e. The van der Waals surface area contributed by atoms with E-state index in [1.54, 1.807) is 6.20 Å². The summed E-state index contributed by atoms with van der Waals surface area (Å²) in [4.78, 5) is 19.4. The zero-order valence-electron chi connectivity index (χ0n) is 15.3. The Kier molecular flexibility index (Phi) is 4.45. The lowest BCUT2D eigenvalue weighted by Gasteiger charge is -2.54. The predicted octanol–water partition coefficient (Wildman–Crippen LogP) is 2.22. The van der Waals surface area contributed by atoms with E-state index in [9.17, 15) is 4.79 Å². The van der Waals surface area contributed by atoms with Crippen molar-refractivity contribution in [2.75, 3.05) is 19.7 Å². The van der Waals surface area contributed by atoms with E-state index in [0.717, 1.165) is 24.9 Å². The lowest BCUT2D eigenvalue weighted by Crippen LogP contribution is -2.59. The third-order valence-electron chi connectivity index (χ3n) is 7.11. The van der Waals surface area contributed by atoms with Crippen LogP contribution in [0.25, 0.3) is 0 Å². The first kappa shape index (κ1) is 16.7. The van der Waals surface area contributed by atoms with Crippen molar-refractivity contribution in [3.8, 4) is 0 Å². The minimum absolute atomic E-state index is 0.110. The van der Waals surface area contributed by atoms with Crippen LogP contribution in [0.4, 0.5) is 0 Å². The molecule has 0 radical (unpaired) electrons. The largest absolute Gasteiger partial charge is 0.366 e. The number of carbonyl (C=O) groups excluding carboxylic acids is 1. The molecule has 1 saturated heterocycles. The summed E-state index contributed by atoms with van der Waals surface area (Å²) >= 11 is 0. The molecule has 0 spiro atoms. The highest BCUT2D eigenvalue weighted by molar-refractivity contribution is 5.81. The highest BCUT2D eigenvalue weighted by Crippen LogP contribution is 2.53. The Morgan fingerprint density at radius 1 is 1.19 bits per heavy atom. The number of nitrogens with one attached hydrogen (secondary N) is 1. The monoisotopic (exact) mass is 355 g/mol. The molecule has 0 aromatic carbocycles. The fraction of sp³-hybridized carbons (Fsp3) is 0.714. The van der Waals surface area contributed by atoms with Gasteiger partial charge >= 0.3 is 0 Å². The van der Waals surface area contributed by atoms with E-state index in [4.69, 9.17) is 4.74 Å². The maximum atomic E-state index is 12.9. The number of hydrogen-bond acceptors (Lipinski definition) is 4. The van der Waals surface area contributed by atoms with Crippen LogP contribution in [0.3, 0.4) is 0 Å². The fourth-order valence-electron chi connectivity index (χ4n) is 6.17. The zero-order valence-corrected chi connectivity index (χ0v) is 15.3. The molecule has 1 aromatic heterocycles. The lowest BCUT2D eigenvalue weighted by molar-refractivity contribution is -0.142. The van der Waals surface area contributed by atoms with Crippen LogP contribution in [0, 0.1) is 23.7 Å². The lowest BCUT2D eigenvalue weighted by atomic mass is 9.54. The summed E-state index contributed by atoms with van der Waals surface area (Å²) in [6, 6.07) is 4.45. The Bertz CT molecular complexity index is 622. The second-order valence-corrected chi connectivity index (χ2v) is 8.92. The van der Waals surface area contributed by atoms with Gasteiger partial charge in [-0.1, -0.05) is 6.07 Å². The molecule has 1 amide bonds. The molecule has 1 aromatic rings. The molecule has 2 heterocycles. The van der Waals surface area contributed by atoms with E-state index in [-0.39, 0.29) is 12.0 Å². The van der Waals surface area contributed by atoms with Gasteiger partial charge in [0.25, 0.3) is 5.91 Å². The summed E-state index contributed by atoms with van der Waals surface area (Å²) in [5.41, 5.74) is 1.19. The summed E-state index contributed by atoms with van der Waals surface area (Å²) in [7, 11) is 0. The zero-order chi connectivity index (χ0) is 17.5. The van der Waals surface area contributed by atoms with Gasteiger partial charge < -0.3 is 10.1 Å². The summed E-state index contributed by atoms with van der Waals surface area (Å²) in [6.07, 6.45) is 10.1. The molecule has 1 N–H and O–H groups in total. The minimum atomic E-state index is -0.336. The van der Waals surface area contributed by atoms with Gasteiger partial charge in [0, 0.05) is 38.1 Å². The number of hydrogen-bond donors (Lipinski definition) is 1. The molecule has 1 aliphatic heterocycles. The number of amides is 1. The van der Waals surface area contributed by atoms with E-state index in [1.807, 2.05) is 12.3 Å². The van der Waals surface area contributed by atoms with Gasteiger partial charge in [0.2, 0.25) is 0 Å². The SMILES string of the molecule is O=C(NC1C2CC3CC(C2)CC1C3)C1CN(Cc2cccnc2)CCO1. The first-order chi connectivity index (χ1) is 12.7. The van der Waals surface area contributed by atoms with Crippen molar-refractivity contribution in [3.63, 3.8) is 0 Å². The number of carbonyl (C=O) groups is 1. The quantitative estimate of drug-likeness (QED) is 0.900. The van der Waals surface area contributed by atoms with Gasteiger partial charge in [-0.15, -0.1) is 0 Å². The summed E-state index contributed by atoms with van der Waals surface area (Å²) < 4.78 is 5.83. The van der Waals surface area contributed by atoms with Crippen LogP contribution < -0.4 is 5.32 Å². The number of aromatic nitrogens is 1. The molecule has 5 heteroatoms. The second-order valence-electron chi connectivity index (χ2n) is 8.92. The Morgan fingerprint density at radius 2 is 1.96 bits per heavy atom. The Labute approximate surface area is 155 Å². The second kappa shape index (κ2) is 6.93. The number of morpholine rings is 1. The van der Waals surface area contributed by atoms with E-state index in [0.29, 0.717) is 31.0 Å². The predicted molar refractivity (Wildman–Crippen MR) is 98.2 cm³/mol. The van der Waals surface area contributed by atoms with Crippen molar-refractivity contribution in [3.05, 3.63) is 30.1 Å². The molecular weight excluding hydrogens is 326 g/mol. The topological polar surface area (TPSA) is 54.5 Å². The Hall–Kier alpha value is -1.46. The molecular formula is C21H29N3O2. The maximum Gasteiger partial charge on any atom is 0.250 e. The van der Waals surface area contributed by atoms with Crippen LogP contribution in [0.5, 0.6) is 0 Å². The van der Waals surface area contributed by atoms with Gasteiger partial charge in [0.1, 0.15) is 6.10 Å². The van der Waals surface area contributed by atoms with Crippen molar-refractivity contribution in [2.24, 2.45) is 23.7 Å². The van der Waals surface area contributed by atoms with Crippen molar-refractivity contribution < 1.29 is 9.53 Å². The van der Waals surface area contributed by atoms with Crippen LogP contribution in [-0.4, -0.2) is 47.6 Å². The van der Waals surface area contributed by atoms with E-state index < -0.39 is 0 Å². The molecule has 4 saturated carbocycles. The first-order valence-corrected chi connectivity index (χ1v) is 10.3. The van der Waals surface area contributed by atoms with Crippen LogP contribution in [0.2, 0.25) is 0 Å². The average Bonchev–Trinajstić information content (AvgIpc) is 2.65. The van der Waals surface area contributed by atoms with Crippen molar-refractivity contribution in [2.45, 2.75) is 50.8 Å². The molecule has 1 unspecified atom stereocenters. The highest BCUT2D eigenvalue weighted by Gasteiger charge is 2.49. The van der Waals surface area contributed by atoms with Gasteiger partial charge in [-0.3, -0.25) is 14.7 Å². The molecule has 5 fully saturated rings. The van der Waals surface area contributed by atoms with Crippen LogP contribution in [0.1, 0.15) is 37.7 Å². The normalized spacial score (nSPS) is 39.1. The third-order valence-corrected chi connectivity index (χ3v) is 7.11. The van der Waals surface area contributed by atoms with E-state index in [2.05, 4.69) is 21.3 Å². The van der Waals surface area contributed by atoms with Crippen LogP contribution in [-0.2, 0) is 16.1 Å². The Balaban J connectivity index is 1.19. The molecule has 6 rings (SSSR count). The molecule has 4 bridgehead atoms. The molecule has 26 heavy (non-hydrogen) atoms. The van der Waals surface area contributed by atoms with E-state index in [1.165, 1.54) is 37.7 Å². The summed E-state index contributed by atoms with van der Waals surface area (Å²) in [6.45, 7) is 3.00. The average molecular weight is 355 g/mol. The first-order valence-electron chi connectivity index (χ1n) is 10.3. The standard InChI is InChI=1S/C21H29N3O2/c25-21(23-20-17-7-15-6-16(9-17)10-18(20)8-15)19-13-24(4-5-26-19)12-14-2-1-3-22-11-14/h1-3,11,15-20H,4-10,12-13H2,(H,23,25). The fourth-order valence-corrected chi connectivity index (χ4v) is 6.17. The molecule has 5 nitrogen and oxygen atoms in total. The van der Waals surface area contributed by atoms with E-state index >= 15 is 0 Å². The molecule has 4 aliphatic carbocycles. The minimum Gasteiger partial charge on any atom is -0.366 e. The number of ether oxygens (including phenoxy) is 1. The number of nitrogens with zero attached hydrogens (tertiary/aromatic N) is 2. The molecule has 1 atom stereocenters. The number of pyridine rings is 1. The van der Waals surface area contributed by atoms with Crippen molar-refractivity contribution in [1.82, 2.24) is 15.2 Å². The van der Waals surface area contributed by atoms with Gasteiger partial charge in [0.15, 0.2) is 0 Å². The van der Waals surface area contributed by atoms with Crippen molar-refractivity contribution >= 4 is 5.91 Å². The van der Waals surface area contributed by atoms with Gasteiger partial charge in [-0.05, 0) is 67.4 Å². The van der Waals surface area contributed by atoms with Crippen molar-refractivity contribution in [1.29, 1.82) is 0 Å². The van der Waals surface area contributed by atoms with Gasteiger partial charge in [-0.2, -0.15) is 0 Å². The molecule has 140 valence electrons. The van der Waals surface area contributed by atoms with Crippen LogP contribution in [0.15, 0.2) is 24.5 Å². The summed E-state index contributed by atoms with van der Waals surface area (Å²) in [5, 5.41) is 3.41. The number of rotatable bonds is 4. The molecule has 5 aliphatic rings. The highest BCUT2D eigenvalue weighted by atomic mass is 16.5. The Morgan fingerprint density at radius 3 is 2.65 bits per heavy atom. The van der Waals surface area contributed by atoms with Gasteiger partial charge in [-0.25, -0.2) is 0 Å². The maximum absolute atomic E-state index is 12.9.